The Hall–Kier alpha value is -1.06. The molecule has 0 aliphatic rings. The lowest BCUT2D eigenvalue weighted by Gasteiger charge is -2.02. The standard InChI is InChI=1S/C11H14ClN3/c1-7(13)6-9-11-8(12)4-3-5-10(11)15(2)14-9/h3-5,7H,6,13H2,1-2H3. The van der Waals surface area contributed by atoms with E-state index in [-0.39, 0.29) is 6.04 Å². The van der Waals surface area contributed by atoms with Gasteiger partial charge in [0, 0.05) is 24.9 Å². The summed E-state index contributed by atoms with van der Waals surface area (Å²) in [5, 5.41) is 6.22. The van der Waals surface area contributed by atoms with Gasteiger partial charge < -0.3 is 5.73 Å². The van der Waals surface area contributed by atoms with Gasteiger partial charge in [-0.2, -0.15) is 5.10 Å². The van der Waals surface area contributed by atoms with Crippen molar-refractivity contribution in [2.45, 2.75) is 19.4 Å². The zero-order chi connectivity index (χ0) is 11.0. The van der Waals surface area contributed by atoms with Gasteiger partial charge in [-0.05, 0) is 19.1 Å². The van der Waals surface area contributed by atoms with Crippen molar-refractivity contribution < 1.29 is 0 Å². The van der Waals surface area contributed by atoms with Gasteiger partial charge in [-0.15, -0.1) is 0 Å². The minimum atomic E-state index is 0.0966. The molecular weight excluding hydrogens is 210 g/mol. The molecule has 0 spiro atoms. The molecule has 3 nitrogen and oxygen atoms in total. The van der Waals surface area contributed by atoms with Crippen LogP contribution in [-0.2, 0) is 13.5 Å². The molecule has 4 heteroatoms. The molecule has 1 unspecified atom stereocenters. The van der Waals surface area contributed by atoms with Crippen molar-refractivity contribution in [3.8, 4) is 0 Å². The summed E-state index contributed by atoms with van der Waals surface area (Å²) in [4.78, 5) is 0. The third-order valence-corrected chi connectivity index (χ3v) is 2.73. The minimum absolute atomic E-state index is 0.0966. The van der Waals surface area contributed by atoms with Crippen LogP contribution in [0.15, 0.2) is 18.2 Å². The molecule has 1 aromatic heterocycles. The van der Waals surface area contributed by atoms with Crippen LogP contribution >= 0.6 is 11.6 Å². The first kappa shape index (κ1) is 10.5. The zero-order valence-electron chi connectivity index (χ0n) is 8.87. The molecule has 0 aliphatic heterocycles. The zero-order valence-corrected chi connectivity index (χ0v) is 9.62. The average Bonchev–Trinajstić information content (AvgIpc) is 2.44. The van der Waals surface area contributed by atoms with Crippen molar-refractivity contribution in [1.29, 1.82) is 0 Å². The molecule has 2 aromatic rings. The number of nitrogens with two attached hydrogens (primary N) is 1. The summed E-state index contributed by atoms with van der Waals surface area (Å²) >= 11 is 6.16. The molecule has 15 heavy (non-hydrogen) atoms. The molecule has 0 aliphatic carbocycles. The van der Waals surface area contributed by atoms with Crippen LogP contribution in [0.4, 0.5) is 0 Å². The van der Waals surface area contributed by atoms with E-state index in [9.17, 15) is 0 Å². The van der Waals surface area contributed by atoms with E-state index in [4.69, 9.17) is 17.3 Å². The van der Waals surface area contributed by atoms with Crippen molar-refractivity contribution >= 4 is 22.5 Å². The highest BCUT2D eigenvalue weighted by molar-refractivity contribution is 6.35. The van der Waals surface area contributed by atoms with Crippen LogP contribution < -0.4 is 5.73 Å². The first-order valence-corrected chi connectivity index (χ1v) is 5.33. The predicted octanol–water partition coefficient (Wildman–Crippen LogP) is 2.12. The molecule has 1 aromatic carbocycles. The molecule has 0 amide bonds. The lowest BCUT2D eigenvalue weighted by molar-refractivity contribution is 0.693. The lowest BCUT2D eigenvalue weighted by atomic mass is 10.1. The SMILES string of the molecule is CC(N)Cc1nn(C)c2cccc(Cl)c12. The maximum absolute atomic E-state index is 6.16. The van der Waals surface area contributed by atoms with Crippen LogP contribution in [0.5, 0.6) is 0 Å². The predicted molar refractivity (Wildman–Crippen MR) is 63.1 cm³/mol. The molecule has 0 saturated carbocycles. The number of halogens is 1. The average molecular weight is 224 g/mol. The molecule has 0 saturated heterocycles. The molecule has 2 N–H and O–H groups in total. The van der Waals surface area contributed by atoms with Crippen LogP contribution in [0.1, 0.15) is 12.6 Å². The Balaban J connectivity index is 2.65. The highest BCUT2D eigenvalue weighted by atomic mass is 35.5. The van der Waals surface area contributed by atoms with E-state index in [1.165, 1.54) is 0 Å². The van der Waals surface area contributed by atoms with Crippen molar-refractivity contribution in [3.63, 3.8) is 0 Å². The summed E-state index contributed by atoms with van der Waals surface area (Å²) in [6, 6.07) is 5.93. The maximum atomic E-state index is 6.16. The molecule has 0 fully saturated rings. The summed E-state index contributed by atoms with van der Waals surface area (Å²) < 4.78 is 1.85. The number of nitrogens with zero attached hydrogens (tertiary/aromatic N) is 2. The Morgan fingerprint density at radius 3 is 2.93 bits per heavy atom. The third kappa shape index (κ3) is 1.85. The molecular formula is C11H14ClN3. The van der Waals surface area contributed by atoms with E-state index >= 15 is 0 Å². The Kier molecular flexibility index (Phi) is 2.67. The van der Waals surface area contributed by atoms with Gasteiger partial charge in [0.1, 0.15) is 0 Å². The first-order valence-electron chi connectivity index (χ1n) is 4.95. The molecule has 2 rings (SSSR count). The summed E-state index contributed by atoms with van der Waals surface area (Å²) in [7, 11) is 1.92. The quantitative estimate of drug-likeness (QED) is 0.848. The number of aryl methyl sites for hydroxylation is 1. The first-order chi connectivity index (χ1) is 7.09. The Morgan fingerprint density at radius 1 is 1.53 bits per heavy atom. The number of hydrogen-bond donors (Lipinski definition) is 1. The van der Waals surface area contributed by atoms with Crippen LogP contribution in [0.25, 0.3) is 10.9 Å². The highest BCUT2D eigenvalue weighted by Crippen LogP contribution is 2.26. The second-order valence-corrected chi connectivity index (χ2v) is 4.29. The fraction of sp³-hybridized carbons (Fsp3) is 0.364. The molecule has 0 radical (unpaired) electrons. The van der Waals surface area contributed by atoms with Gasteiger partial charge in [0.15, 0.2) is 0 Å². The van der Waals surface area contributed by atoms with Crippen LogP contribution in [-0.4, -0.2) is 15.8 Å². The third-order valence-electron chi connectivity index (χ3n) is 2.41. The fourth-order valence-corrected chi connectivity index (χ4v) is 2.08. The van der Waals surface area contributed by atoms with Crippen LogP contribution in [0.2, 0.25) is 5.02 Å². The van der Waals surface area contributed by atoms with Crippen LogP contribution in [0.3, 0.4) is 0 Å². The molecule has 1 heterocycles. The van der Waals surface area contributed by atoms with E-state index < -0.39 is 0 Å². The lowest BCUT2D eigenvalue weighted by Crippen LogP contribution is -2.18. The fourth-order valence-electron chi connectivity index (χ4n) is 1.80. The molecule has 1 atom stereocenters. The van der Waals surface area contributed by atoms with Gasteiger partial charge in [-0.3, -0.25) is 4.68 Å². The van der Waals surface area contributed by atoms with E-state index in [0.717, 1.165) is 28.0 Å². The number of rotatable bonds is 2. The van der Waals surface area contributed by atoms with Crippen LogP contribution in [0, 0.1) is 0 Å². The largest absolute Gasteiger partial charge is 0.328 e. The highest BCUT2D eigenvalue weighted by Gasteiger charge is 2.12. The minimum Gasteiger partial charge on any atom is -0.328 e. The second kappa shape index (κ2) is 3.83. The Morgan fingerprint density at radius 2 is 2.27 bits per heavy atom. The smallest absolute Gasteiger partial charge is 0.0733 e. The monoisotopic (exact) mass is 223 g/mol. The van der Waals surface area contributed by atoms with Gasteiger partial charge in [0.2, 0.25) is 0 Å². The normalized spacial score (nSPS) is 13.3. The van der Waals surface area contributed by atoms with Gasteiger partial charge in [-0.25, -0.2) is 0 Å². The van der Waals surface area contributed by atoms with Gasteiger partial charge in [0.05, 0.1) is 16.2 Å². The van der Waals surface area contributed by atoms with Crippen molar-refractivity contribution in [2.75, 3.05) is 0 Å². The second-order valence-electron chi connectivity index (χ2n) is 3.89. The number of hydrogen-bond acceptors (Lipinski definition) is 2. The number of aromatic nitrogens is 2. The van der Waals surface area contributed by atoms with Gasteiger partial charge in [-0.1, -0.05) is 17.7 Å². The summed E-state index contributed by atoms with van der Waals surface area (Å²) in [6.07, 6.45) is 0.751. The Bertz CT molecular complexity index is 488. The van der Waals surface area contributed by atoms with Crippen molar-refractivity contribution in [3.05, 3.63) is 28.9 Å². The number of fused-ring (bicyclic) bond motifs is 1. The van der Waals surface area contributed by atoms with Crippen molar-refractivity contribution in [1.82, 2.24) is 9.78 Å². The molecule has 0 bridgehead atoms. The summed E-state index contributed by atoms with van der Waals surface area (Å²) in [6.45, 7) is 1.97. The Labute approximate surface area is 93.8 Å². The number of benzene rings is 1. The summed E-state index contributed by atoms with van der Waals surface area (Å²) in [5.74, 6) is 0. The maximum Gasteiger partial charge on any atom is 0.0733 e. The van der Waals surface area contributed by atoms with Crippen molar-refractivity contribution in [2.24, 2.45) is 12.8 Å². The summed E-state index contributed by atoms with van der Waals surface area (Å²) in [5.41, 5.74) is 7.82. The van der Waals surface area contributed by atoms with E-state index in [1.54, 1.807) is 0 Å². The van der Waals surface area contributed by atoms with E-state index in [0.29, 0.717) is 0 Å². The van der Waals surface area contributed by atoms with E-state index in [1.807, 2.05) is 36.9 Å². The topological polar surface area (TPSA) is 43.8 Å². The van der Waals surface area contributed by atoms with Gasteiger partial charge >= 0.3 is 0 Å². The van der Waals surface area contributed by atoms with Gasteiger partial charge in [0.25, 0.3) is 0 Å². The molecule has 80 valence electrons. The van der Waals surface area contributed by atoms with E-state index in [2.05, 4.69) is 5.10 Å².